The summed E-state index contributed by atoms with van der Waals surface area (Å²) in [5, 5.41) is 10.1. The highest BCUT2D eigenvalue weighted by atomic mass is 32.2. The fraction of sp³-hybridized carbons (Fsp3) is 0.333. The summed E-state index contributed by atoms with van der Waals surface area (Å²) in [7, 11) is 0. The Balaban J connectivity index is 1.59. The number of aromatic nitrogens is 2. The lowest BCUT2D eigenvalue weighted by molar-refractivity contribution is -0.140. The molecule has 1 fully saturated rings. The quantitative estimate of drug-likeness (QED) is 0.804. The van der Waals surface area contributed by atoms with Gasteiger partial charge in [0, 0.05) is 13.0 Å². The van der Waals surface area contributed by atoms with Gasteiger partial charge in [0.15, 0.2) is 0 Å². The van der Waals surface area contributed by atoms with Crippen molar-refractivity contribution >= 4 is 34.9 Å². The molecular weight excluding hydrogens is 298 g/mol. The van der Waals surface area contributed by atoms with Crippen molar-refractivity contribution in [2.24, 2.45) is 0 Å². The topological polar surface area (TPSA) is 76.3 Å². The number of amides is 2. The molecule has 0 atom stereocenters. The Morgan fingerprint density at radius 1 is 1.50 bits per heavy atom. The average molecular weight is 309 g/mol. The van der Waals surface area contributed by atoms with E-state index in [2.05, 4.69) is 10.2 Å². The second-order valence-corrected chi connectivity index (χ2v) is 6.06. The summed E-state index contributed by atoms with van der Waals surface area (Å²) < 4.78 is 5.46. The lowest BCUT2D eigenvalue weighted by Crippen LogP contribution is -2.33. The molecule has 0 aliphatic carbocycles. The molecule has 20 heavy (non-hydrogen) atoms. The molecule has 6 nitrogen and oxygen atoms in total. The molecule has 1 saturated heterocycles. The molecule has 0 aromatic carbocycles. The fourth-order valence-corrected chi connectivity index (χ4v) is 3.16. The van der Waals surface area contributed by atoms with Crippen molar-refractivity contribution in [1.82, 2.24) is 15.1 Å². The molecule has 1 aliphatic rings. The average Bonchev–Trinajstić information content (AvgIpc) is 3.16. The van der Waals surface area contributed by atoms with Crippen LogP contribution in [-0.2, 0) is 9.59 Å². The number of nitrogens with zero attached hydrogens (tertiary/aromatic N) is 3. The van der Waals surface area contributed by atoms with Crippen LogP contribution in [0, 0.1) is 0 Å². The minimum absolute atomic E-state index is 0.0968. The standard InChI is InChI=1S/C12H11N3O3S2/c16-9-4-1-5-15(9)10(17)7-20-12-14-13-11(18-12)8-3-2-6-19-8/h2-3,6H,1,4-5,7H2. The van der Waals surface area contributed by atoms with Crippen molar-refractivity contribution in [3.05, 3.63) is 17.5 Å². The number of thiophene rings is 1. The second-order valence-electron chi connectivity index (χ2n) is 4.18. The summed E-state index contributed by atoms with van der Waals surface area (Å²) in [4.78, 5) is 25.5. The molecule has 0 radical (unpaired) electrons. The predicted molar refractivity (Wildman–Crippen MR) is 74.3 cm³/mol. The third-order valence-electron chi connectivity index (χ3n) is 2.83. The van der Waals surface area contributed by atoms with E-state index in [4.69, 9.17) is 4.42 Å². The van der Waals surface area contributed by atoms with Gasteiger partial charge in [-0.05, 0) is 17.9 Å². The molecule has 0 unspecified atom stereocenters. The number of thioether (sulfide) groups is 1. The normalized spacial score (nSPS) is 15.0. The van der Waals surface area contributed by atoms with Crippen LogP contribution < -0.4 is 0 Å². The molecule has 1 aliphatic heterocycles. The highest BCUT2D eigenvalue weighted by Crippen LogP contribution is 2.26. The van der Waals surface area contributed by atoms with Gasteiger partial charge in [-0.2, -0.15) is 0 Å². The summed E-state index contributed by atoms with van der Waals surface area (Å²) in [5.41, 5.74) is 0. The van der Waals surface area contributed by atoms with Gasteiger partial charge in [-0.1, -0.05) is 17.8 Å². The summed E-state index contributed by atoms with van der Waals surface area (Å²) in [6, 6.07) is 3.79. The molecule has 3 rings (SSSR count). The van der Waals surface area contributed by atoms with Crippen molar-refractivity contribution < 1.29 is 14.0 Å². The zero-order valence-corrected chi connectivity index (χ0v) is 12.1. The van der Waals surface area contributed by atoms with E-state index >= 15 is 0 Å². The molecule has 8 heteroatoms. The van der Waals surface area contributed by atoms with E-state index in [1.165, 1.54) is 16.2 Å². The Bertz CT molecular complexity index is 624. The zero-order chi connectivity index (χ0) is 13.9. The van der Waals surface area contributed by atoms with Crippen molar-refractivity contribution in [2.75, 3.05) is 12.3 Å². The SMILES string of the molecule is O=C1CCCN1C(=O)CSc1nnc(-c2cccs2)o1. The van der Waals surface area contributed by atoms with E-state index in [0.29, 0.717) is 24.1 Å². The van der Waals surface area contributed by atoms with Gasteiger partial charge in [0.05, 0.1) is 10.6 Å². The molecule has 2 amide bonds. The number of carbonyl (C=O) groups is 2. The second kappa shape index (κ2) is 5.76. The number of hydrogen-bond donors (Lipinski definition) is 0. The molecule has 0 spiro atoms. The first-order valence-electron chi connectivity index (χ1n) is 6.07. The Morgan fingerprint density at radius 3 is 3.10 bits per heavy atom. The molecule has 104 valence electrons. The van der Waals surface area contributed by atoms with Crippen LogP contribution in [0.2, 0.25) is 0 Å². The van der Waals surface area contributed by atoms with Gasteiger partial charge >= 0.3 is 0 Å². The van der Waals surface area contributed by atoms with E-state index in [1.807, 2.05) is 17.5 Å². The van der Waals surface area contributed by atoms with Gasteiger partial charge in [0.25, 0.3) is 11.1 Å². The maximum absolute atomic E-state index is 11.9. The maximum Gasteiger partial charge on any atom is 0.277 e. The largest absolute Gasteiger partial charge is 0.410 e. The molecule has 2 aromatic rings. The number of carbonyl (C=O) groups excluding carboxylic acids is 2. The third kappa shape index (κ3) is 2.75. The highest BCUT2D eigenvalue weighted by Gasteiger charge is 2.26. The Hall–Kier alpha value is -1.67. The van der Waals surface area contributed by atoms with Crippen molar-refractivity contribution in [1.29, 1.82) is 0 Å². The van der Waals surface area contributed by atoms with Crippen molar-refractivity contribution in [3.8, 4) is 10.8 Å². The van der Waals surface area contributed by atoms with E-state index in [9.17, 15) is 9.59 Å². The van der Waals surface area contributed by atoms with Crippen LogP contribution in [0.3, 0.4) is 0 Å². The van der Waals surface area contributed by atoms with Crippen LogP contribution in [0.5, 0.6) is 0 Å². The Labute approximate surface area is 123 Å². The number of imide groups is 1. The third-order valence-corrected chi connectivity index (χ3v) is 4.49. The lowest BCUT2D eigenvalue weighted by atomic mass is 10.4. The first-order chi connectivity index (χ1) is 9.74. The first kappa shape index (κ1) is 13.3. The predicted octanol–water partition coefficient (Wildman–Crippen LogP) is 2.04. The van der Waals surface area contributed by atoms with Gasteiger partial charge in [-0.25, -0.2) is 0 Å². The summed E-state index contributed by atoms with van der Waals surface area (Å²) in [5.74, 6) is 0.290. The number of hydrogen-bond acceptors (Lipinski definition) is 7. The van der Waals surface area contributed by atoms with Gasteiger partial charge in [-0.3, -0.25) is 14.5 Å². The lowest BCUT2D eigenvalue weighted by Gasteiger charge is -2.11. The van der Waals surface area contributed by atoms with Gasteiger partial charge in [0.2, 0.25) is 11.8 Å². The van der Waals surface area contributed by atoms with Gasteiger partial charge in [0.1, 0.15) is 0 Å². The van der Waals surface area contributed by atoms with E-state index in [1.54, 1.807) is 0 Å². The molecular formula is C12H11N3O3S2. The van der Waals surface area contributed by atoms with Crippen LogP contribution in [0.4, 0.5) is 0 Å². The van der Waals surface area contributed by atoms with Crippen LogP contribution >= 0.6 is 23.1 Å². The summed E-state index contributed by atoms with van der Waals surface area (Å²) >= 11 is 2.67. The van der Waals surface area contributed by atoms with E-state index in [-0.39, 0.29) is 17.6 Å². The number of likely N-dealkylation sites (tertiary alicyclic amines) is 1. The highest BCUT2D eigenvalue weighted by molar-refractivity contribution is 7.99. The minimum atomic E-state index is -0.201. The molecule has 0 bridgehead atoms. The van der Waals surface area contributed by atoms with E-state index in [0.717, 1.165) is 23.1 Å². The summed E-state index contributed by atoms with van der Waals surface area (Å²) in [6.07, 6.45) is 1.21. The summed E-state index contributed by atoms with van der Waals surface area (Å²) in [6.45, 7) is 0.516. The molecule has 2 aromatic heterocycles. The maximum atomic E-state index is 11.9. The van der Waals surface area contributed by atoms with Crippen LogP contribution in [0.15, 0.2) is 27.2 Å². The Morgan fingerprint density at radius 2 is 2.40 bits per heavy atom. The minimum Gasteiger partial charge on any atom is -0.410 e. The van der Waals surface area contributed by atoms with E-state index < -0.39 is 0 Å². The van der Waals surface area contributed by atoms with Gasteiger partial charge in [-0.15, -0.1) is 21.5 Å². The number of rotatable bonds is 4. The van der Waals surface area contributed by atoms with Crippen LogP contribution in [-0.4, -0.2) is 39.2 Å². The molecule has 3 heterocycles. The molecule has 0 saturated carbocycles. The van der Waals surface area contributed by atoms with Crippen LogP contribution in [0.1, 0.15) is 12.8 Å². The molecule has 0 N–H and O–H groups in total. The van der Waals surface area contributed by atoms with Crippen molar-refractivity contribution in [2.45, 2.75) is 18.1 Å². The van der Waals surface area contributed by atoms with Crippen LogP contribution in [0.25, 0.3) is 10.8 Å². The Kier molecular flexibility index (Phi) is 3.83. The smallest absolute Gasteiger partial charge is 0.277 e. The van der Waals surface area contributed by atoms with Gasteiger partial charge < -0.3 is 4.42 Å². The zero-order valence-electron chi connectivity index (χ0n) is 10.4. The van der Waals surface area contributed by atoms with Crippen molar-refractivity contribution in [3.63, 3.8) is 0 Å². The first-order valence-corrected chi connectivity index (χ1v) is 7.94. The monoisotopic (exact) mass is 309 g/mol. The fourth-order valence-electron chi connectivity index (χ4n) is 1.88.